The van der Waals surface area contributed by atoms with E-state index in [0.29, 0.717) is 23.5 Å². The van der Waals surface area contributed by atoms with Gasteiger partial charge in [-0.05, 0) is 25.5 Å². The van der Waals surface area contributed by atoms with Crippen LogP contribution in [0.1, 0.15) is 29.4 Å². The van der Waals surface area contributed by atoms with Crippen molar-refractivity contribution in [3.63, 3.8) is 0 Å². The van der Waals surface area contributed by atoms with Gasteiger partial charge in [0.15, 0.2) is 0 Å². The number of fused-ring (bicyclic) bond motifs is 1. The predicted octanol–water partition coefficient (Wildman–Crippen LogP) is 2.91. The molecule has 0 radical (unpaired) electrons. The molecular formula is C23H25N5O2. The minimum Gasteiger partial charge on any atom is -0.462 e. The lowest BCUT2D eigenvalue weighted by Gasteiger charge is -2.48. The zero-order chi connectivity index (χ0) is 20.6. The van der Waals surface area contributed by atoms with Gasteiger partial charge in [0.2, 0.25) is 5.95 Å². The first-order chi connectivity index (χ1) is 14.6. The Hall–Kier alpha value is -3.06. The molecule has 3 aromatic rings. The van der Waals surface area contributed by atoms with Crippen molar-refractivity contribution in [1.82, 2.24) is 19.9 Å². The lowest BCUT2D eigenvalue weighted by Crippen LogP contribution is -2.57. The number of carbonyl (C=O) groups is 1. The fraction of sp³-hybridized carbons (Fsp3) is 0.391. The molecule has 0 unspecified atom stereocenters. The highest BCUT2D eigenvalue weighted by Crippen LogP contribution is 2.41. The maximum absolute atomic E-state index is 11.8. The van der Waals surface area contributed by atoms with Crippen molar-refractivity contribution in [3.05, 3.63) is 60.0 Å². The second-order valence-electron chi connectivity index (χ2n) is 8.30. The summed E-state index contributed by atoms with van der Waals surface area (Å²) < 4.78 is 4.99. The molecule has 154 valence electrons. The van der Waals surface area contributed by atoms with E-state index in [9.17, 15) is 4.79 Å². The second kappa shape index (κ2) is 7.65. The van der Waals surface area contributed by atoms with Crippen LogP contribution in [0, 0.1) is 5.41 Å². The third kappa shape index (κ3) is 3.61. The van der Waals surface area contributed by atoms with E-state index in [0.717, 1.165) is 50.4 Å². The van der Waals surface area contributed by atoms with Crippen LogP contribution in [0.3, 0.4) is 0 Å². The molecule has 2 saturated heterocycles. The number of likely N-dealkylation sites (tertiary alicyclic amines) is 1. The third-order valence-electron chi connectivity index (χ3n) is 6.03. The van der Waals surface area contributed by atoms with Crippen molar-refractivity contribution in [2.75, 3.05) is 37.7 Å². The van der Waals surface area contributed by atoms with Gasteiger partial charge in [0.25, 0.3) is 0 Å². The number of hydrogen-bond acceptors (Lipinski definition) is 7. The Balaban J connectivity index is 1.18. The van der Waals surface area contributed by atoms with Crippen LogP contribution in [0.2, 0.25) is 0 Å². The number of esters is 1. The zero-order valence-corrected chi connectivity index (χ0v) is 17.1. The SMILES string of the molecule is CCOC(=O)c1cnc(N2CCC3(CN(Cc4ccc5ccccc5n4)C3)C2)nc1. The Morgan fingerprint density at radius 2 is 1.90 bits per heavy atom. The van der Waals surface area contributed by atoms with Gasteiger partial charge < -0.3 is 9.64 Å². The van der Waals surface area contributed by atoms with Crippen molar-refractivity contribution in [3.8, 4) is 0 Å². The highest BCUT2D eigenvalue weighted by atomic mass is 16.5. The minimum atomic E-state index is -0.376. The van der Waals surface area contributed by atoms with E-state index in [2.05, 4.69) is 44.0 Å². The van der Waals surface area contributed by atoms with Gasteiger partial charge in [-0.15, -0.1) is 0 Å². The monoisotopic (exact) mass is 403 g/mol. The van der Waals surface area contributed by atoms with Crippen molar-refractivity contribution >= 4 is 22.8 Å². The molecular weight excluding hydrogens is 378 g/mol. The third-order valence-corrected chi connectivity index (χ3v) is 6.03. The Kier molecular flexibility index (Phi) is 4.83. The summed E-state index contributed by atoms with van der Waals surface area (Å²) in [5, 5.41) is 1.18. The number of hydrogen-bond donors (Lipinski definition) is 0. The van der Waals surface area contributed by atoms with Crippen molar-refractivity contribution in [2.45, 2.75) is 19.9 Å². The lowest BCUT2D eigenvalue weighted by atomic mass is 9.79. The molecule has 7 heteroatoms. The largest absolute Gasteiger partial charge is 0.462 e. The van der Waals surface area contributed by atoms with Crippen LogP contribution in [0.15, 0.2) is 48.8 Å². The van der Waals surface area contributed by atoms with Crippen LogP contribution in [-0.2, 0) is 11.3 Å². The molecule has 4 heterocycles. The van der Waals surface area contributed by atoms with Gasteiger partial charge in [0, 0.05) is 55.9 Å². The van der Waals surface area contributed by atoms with E-state index in [1.807, 2.05) is 12.1 Å². The maximum atomic E-state index is 11.8. The number of pyridine rings is 1. The van der Waals surface area contributed by atoms with E-state index in [1.165, 1.54) is 5.39 Å². The van der Waals surface area contributed by atoms with Gasteiger partial charge in [-0.2, -0.15) is 0 Å². The molecule has 7 nitrogen and oxygen atoms in total. The Bertz CT molecular complexity index is 1060. The number of anilines is 1. The minimum absolute atomic E-state index is 0.306. The predicted molar refractivity (Wildman–Crippen MR) is 114 cm³/mol. The lowest BCUT2D eigenvalue weighted by molar-refractivity contribution is 0.0108. The summed E-state index contributed by atoms with van der Waals surface area (Å²) in [4.78, 5) is 30.0. The van der Waals surface area contributed by atoms with Crippen LogP contribution in [-0.4, -0.2) is 58.6 Å². The fourth-order valence-corrected chi connectivity index (χ4v) is 4.61. The van der Waals surface area contributed by atoms with Gasteiger partial charge in [-0.25, -0.2) is 14.8 Å². The number of benzene rings is 1. The summed E-state index contributed by atoms with van der Waals surface area (Å²) in [6.07, 6.45) is 4.26. The fourth-order valence-electron chi connectivity index (χ4n) is 4.61. The number of rotatable bonds is 5. The van der Waals surface area contributed by atoms with Crippen molar-refractivity contribution in [2.24, 2.45) is 5.41 Å². The van der Waals surface area contributed by atoms with Gasteiger partial charge in [0.05, 0.1) is 23.4 Å². The van der Waals surface area contributed by atoms with Crippen LogP contribution < -0.4 is 4.90 Å². The Labute approximate surface area is 175 Å². The van der Waals surface area contributed by atoms with E-state index in [1.54, 1.807) is 19.3 Å². The maximum Gasteiger partial charge on any atom is 0.341 e. The number of nitrogens with zero attached hydrogens (tertiary/aromatic N) is 5. The van der Waals surface area contributed by atoms with Crippen LogP contribution in [0.5, 0.6) is 0 Å². The normalized spacial score (nSPS) is 18.0. The molecule has 2 aliphatic rings. The van der Waals surface area contributed by atoms with Crippen molar-refractivity contribution < 1.29 is 9.53 Å². The van der Waals surface area contributed by atoms with Gasteiger partial charge in [-0.3, -0.25) is 9.88 Å². The molecule has 0 bridgehead atoms. The summed E-state index contributed by atoms with van der Waals surface area (Å²) in [7, 11) is 0. The molecule has 2 fully saturated rings. The number of para-hydroxylation sites is 1. The summed E-state index contributed by atoms with van der Waals surface area (Å²) in [5.74, 6) is 0.313. The van der Waals surface area contributed by atoms with Gasteiger partial charge in [-0.1, -0.05) is 24.3 Å². The first-order valence-corrected chi connectivity index (χ1v) is 10.5. The van der Waals surface area contributed by atoms with Crippen LogP contribution >= 0.6 is 0 Å². The molecule has 30 heavy (non-hydrogen) atoms. The van der Waals surface area contributed by atoms with Gasteiger partial charge in [0.1, 0.15) is 0 Å². The van der Waals surface area contributed by atoms with E-state index in [-0.39, 0.29) is 5.97 Å². The van der Waals surface area contributed by atoms with Crippen LogP contribution in [0.4, 0.5) is 5.95 Å². The van der Waals surface area contributed by atoms with E-state index >= 15 is 0 Å². The molecule has 5 rings (SSSR count). The molecule has 0 aliphatic carbocycles. The molecule has 0 N–H and O–H groups in total. The van der Waals surface area contributed by atoms with Crippen LogP contribution in [0.25, 0.3) is 10.9 Å². The molecule has 1 aromatic carbocycles. The van der Waals surface area contributed by atoms with E-state index in [4.69, 9.17) is 9.72 Å². The van der Waals surface area contributed by atoms with Crippen molar-refractivity contribution in [1.29, 1.82) is 0 Å². The second-order valence-corrected chi connectivity index (χ2v) is 8.30. The first kappa shape index (κ1) is 18.9. The molecule has 0 atom stereocenters. The van der Waals surface area contributed by atoms with E-state index < -0.39 is 0 Å². The average Bonchev–Trinajstić information content (AvgIpc) is 3.19. The zero-order valence-electron chi connectivity index (χ0n) is 17.1. The average molecular weight is 403 g/mol. The smallest absolute Gasteiger partial charge is 0.341 e. The summed E-state index contributed by atoms with van der Waals surface area (Å²) >= 11 is 0. The molecule has 0 saturated carbocycles. The number of ether oxygens (including phenoxy) is 1. The number of aromatic nitrogens is 3. The first-order valence-electron chi connectivity index (χ1n) is 10.5. The summed E-state index contributed by atoms with van der Waals surface area (Å²) in [5.41, 5.74) is 2.88. The highest BCUT2D eigenvalue weighted by Gasteiger charge is 2.48. The quantitative estimate of drug-likeness (QED) is 0.607. The number of carbonyl (C=O) groups excluding carboxylic acids is 1. The topological polar surface area (TPSA) is 71.5 Å². The highest BCUT2D eigenvalue weighted by molar-refractivity contribution is 5.88. The molecule has 1 spiro atoms. The molecule has 2 aliphatic heterocycles. The standard InChI is InChI=1S/C23H25N5O2/c1-2-30-21(29)18-11-24-22(25-12-18)28-10-9-23(16-28)14-27(15-23)13-19-8-7-17-5-3-4-6-20(17)26-19/h3-8,11-12H,2,9-10,13-16H2,1H3. The molecule has 2 aromatic heterocycles. The summed E-state index contributed by atoms with van der Waals surface area (Å²) in [6, 6.07) is 12.5. The van der Waals surface area contributed by atoms with Gasteiger partial charge >= 0.3 is 5.97 Å². The Morgan fingerprint density at radius 3 is 2.70 bits per heavy atom. The Morgan fingerprint density at radius 1 is 1.10 bits per heavy atom. The summed E-state index contributed by atoms with van der Waals surface area (Å²) in [6.45, 7) is 7.05. The molecule has 0 amide bonds.